The van der Waals surface area contributed by atoms with E-state index in [1.165, 1.54) is 10.4 Å². The number of anilines is 2. The molecule has 0 atom stereocenters. The number of fused-ring (bicyclic) bond motifs is 1. The van der Waals surface area contributed by atoms with Crippen LogP contribution in [0.5, 0.6) is 0 Å². The molecule has 0 saturated carbocycles. The number of hydrogen-bond acceptors (Lipinski definition) is 3. The van der Waals surface area contributed by atoms with E-state index in [9.17, 15) is 17.2 Å². The summed E-state index contributed by atoms with van der Waals surface area (Å²) >= 11 is 0. The Kier molecular flexibility index (Phi) is 5.27. The van der Waals surface area contributed by atoms with Gasteiger partial charge >= 0.3 is 10.2 Å². The van der Waals surface area contributed by atoms with Crippen molar-refractivity contribution in [2.45, 2.75) is 19.9 Å². The summed E-state index contributed by atoms with van der Waals surface area (Å²) in [7, 11) is -2.33. The lowest BCUT2D eigenvalue weighted by Gasteiger charge is -2.37. The van der Waals surface area contributed by atoms with Crippen LogP contribution in [0.2, 0.25) is 0 Å². The van der Waals surface area contributed by atoms with Gasteiger partial charge in [0.2, 0.25) is 0 Å². The molecule has 0 spiro atoms. The molecular formula is C18H21F2N3O2S. The van der Waals surface area contributed by atoms with Gasteiger partial charge in [-0.3, -0.25) is 0 Å². The van der Waals surface area contributed by atoms with E-state index >= 15 is 0 Å². The molecule has 5 nitrogen and oxygen atoms in total. The van der Waals surface area contributed by atoms with Crippen LogP contribution >= 0.6 is 0 Å². The van der Waals surface area contributed by atoms with E-state index in [-0.39, 0.29) is 18.8 Å². The molecule has 0 fully saturated rings. The predicted octanol–water partition coefficient (Wildman–Crippen LogP) is 3.08. The second-order valence-corrected chi connectivity index (χ2v) is 8.04. The number of para-hydroxylation sites is 1. The minimum Gasteiger partial charge on any atom is -0.320 e. The zero-order valence-corrected chi connectivity index (χ0v) is 15.5. The fraction of sp³-hybridized carbons (Fsp3) is 0.333. The van der Waals surface area contributed by atoms with Gasteiger partial charge in [0.1, 0.15) is 5.69 Å². The van der Waals surface area contributed by atoms with E-state index < -0.39 is 27.5 Å². The molecule has 0 radical (unpaired) electrons. The lowest BCUT2D eigenvalue weighted by Crippen LogP contribution is -2.46. The molecule has 1 heterocycles. The number of rotatable bonds is 5. The fourth-order valence-corrected chi connectivity index (χ4v) is 4.82. The van der Waals surface area contributed by atoms with Crippen molar-refractivity contribution in [1.29, 1.82) is 0 Å². The largest absolute Gasteiger partial charge is 0.320 e. The number of benzene rings is 2. The number of aryl methyl sites for hydroxylation is 1. The summed E-state index contributed by atoms with van der Waals surface area (Å²) in [5, 5.41) is 2.97. The Labute approximate surface area is 152 Å². The molecule has 26 heavy (non-hydrogen) atoms. The summed E-state index contributed by atoms with van der Waals surface area (Å²) in [4.78, 5) is 0. The van der Waals surface area contributed by atoms with Crippen molar-refractivity contribution in [3.8, 4) is 0 Å². The Bertz CT molecular complexity index is 898. The summed E-state index contributed by atoms with van der Waals surface area (Å²) in [6.45, 7) is 2.96. The first-order chi connectivity index (χ1) is 12.4. The summed E-state index contributed by atoms with van der Waals surface area (Å²) in [6, 6.07) is 8.51. The van der Waals surface area contributed by atoms with Crippen LogP contribution in [0.25, 0.3) is 0 Å². The average Bonchev–Trinajstić information content (AvgIpc) is 2.57. The van der Waals surface area contributed by atoms with Crippen molar-refractivity contribution in [1.82, 2.24) is 9.62 Å². The second kappa shape index (κ2) is 7.30. The first-order valence-electron chi connectivity index (χ1n) is 8.35. The summed E-state index contributed by atoms with van der Waals surface area (Å²) in [5.74, 6) is -1.84. The van der Waals surface area contributed by atoms with Gasteiger partial charge in [-0.25, -0.2) is 13.1 Å². The predicted molar refractivity (Wildman–Crippen MR) is 97.5 cm³/mol. The molecule has 0 aliphatic carbocycles. The summed E-state index contributed by atoms with van der Waals surface area (Å²) in [5.41, 5.74) is 1.37. The third-order valence-electron chi connectivity index (χ3n) is 4.33. The van der Waals surface area contributed by atoms with Crippen LogP contribution in [0, 0.1) is 18.6 Å². The van der Waals surface area contributed by atoms with Gasteiger partial charge in [0.05, 0.1) is 5.69 Å². The Morgan fingerprint density at radius 3 is 2.50 bits per heavy atom. The summed E-state index contributed by atoms with van der Waals surface area (Å²) in [6.07, 6.45) is 0.588. The second-order valence-electron chi connectivity index (χ2n) is 6.27. The highest BCUT2D eigenvalue weighted by atomic mass is 32.2. The van der Waals surface area contributed by atoms with Crippen LogP contribution in [0.4, 0.5) is 20.2 Å². The van der Waals surface area contributed by atoms with Crippen LogP contribution in [0.3, 0.4) is 0 Å². The Hall–Kier alpha value is -2.03. The van der Waals surface area contributed by atoms with E-state index in [1.54, 1.807) is 19.2 Å². The average molecular weight is 381 g/mol. The Morgan fingerprint density at radius 2 is 1.85 bits per heavy atom. The maximum absolute atomic E-state index is 14.4. The van der Waals surface area contributed by atoms with Crippen molar-refractivity contribution in [3.05, 3.63) is 59.2 Å². The van der Waals surface area contributed by atoms with E-state index in [1.807, 2.05) is 13.0 Å². The van der Waals surface area contributed by atoms with Crippen LogP contribution in [-0.4, -0.2) is 32.9 Å². The molecule has 2 aromatic carbocycles. The number of nitrogens with one attached hydrogen (secondary N) is 1. The van der Waals surface area contributed by atoms with Crippen LogP contribution in [0.15, 0.2) is 36.4 Å². The van der Waals surface area contributed by atoms with Gasteiger partial charge in [0.25, 0.3) is 0 Å². The molecular weight excluding hydrogens is 360 g/mol. The fourth-order valence-electron chi connectivity index (χ4n) is 3.10. The molecule has 1 N–H and O–H groups in total. The van der Waals surface area contributed by atoms with Crippen molar-refractivity contribution in [2.75, 3.05) is 24.4 Å². The number of halogens is 2. The van der Waals surface area contributed by atoms with E-state index in [0.717, 1.165) is 22.0 Å². The molecule has 0 unspecified atom stereocenters. The third-order valence-corrected chi connectivity index (χ3v) is 6.14. The number of nitrogens with zero attached hydrogens (tertiary/aromatic N) is 2. The quantitative estimate of drug-likeness (QED) is 0.810. The Morgan fingerprint density at radius 1 is 1.15 bits per heavy atom. The highest BCUT2D eigenvalue weighted by Gasteiger charge is 2.39. The van der Waals surface area contributed by atoms with E-state index in [4.69, 9.17) is 0 Å². The lowest BCUT2D eigenvalue weighted by molar-refractivity contribution is 0.391. The number of hydrogen-bond donors (Lipinski definition) is 1. The molecule has 0 aromatic heterocycles. The first kappa shape index (κ1) is 18.8. The van der Waals surface area contributed by atoms with E-state index in [2.05, 4.69) is 5.32 Å². The smallest absolute Gasteiger partial charge is 0.309 e. The maximum atomic E-state index is 14.4. The third kappa shape index (κ3) is 3.32. The van der Waals surface area contributed by atoms with Crippen molar-refractivity contribution in [2.24, 2.45) is 0 Å². The minimum absolute atomic E-state index is 0.176. The minimum atomic E-state index is -4.11. The van der Waals surface area contributed by atoms with Gasteiger partial charge in [-0.05, 0) is 50.7 Å². The normalized spacial score (nSPS) is 16.5. The lowest BCUT2D eigenvalue weighted by atomic mass is 10.1. The van der Waals surface area contributed by atoms with Crippen LogP contribution in [0.1, 0.15) is 17.5 Å². The van der Waals surface area contributed by atoms with Gasteiger partial charge in [-0.2, -0.15) is 12.7 Å². The monoisotopic (exact) mass is 381 g/mol. The topological polar surface area (TPSA) is 52.6 Å². The van der Waals surface area contributed by atoms with Gasteiger partial charge in [0.15, 0.2) is 11.6 Å². The highest BCUT2D eigenvalue weighted by molar-refractivity contribution is 7.90. The molecule has 3 rings (SSSR count). The van der Waals surface area contributed by atoms with Gasteiger partial charge < -0.3 is 5.32 Å². The molecule has 0 saturated heterocycles. The van der Waals surface area contributed by atoms with Crippen molar-refractivity contribution >= 4 is 21.6 Å². The maximum Gasteiger partial charge on any atom is 0.309 e. The van der Waals surface area contributed by atoms with Gasteiger partial charge in [-0.1, -0.05) is 23.8 Å². The van der Waals surface area contributed by atoms with Crippen LogP contribution in [-0.2, 0) is 16.8 Å². The molecule has 0 bridgehead atoms. The molecule has 140 valence electrons. The van der Waals surface area contributed by atoms with Gasteiger partial charge in [-0.15, -0.1) is 0 Å². The molecule has 1 aliphatic heterocycles. The SMILES string of the molecule is CNCCCN1Cc2cc(C)ccc2N(c2c(F)cccc2F)S1(=O)=O. The van der Waals surface area contributed by atoms with Crippen molar-refractivity contribution < 1.29 is 17.2 Å². The summed E-state index contributed by atoms with van der Waals surface area (Å²) < 4.78 is 57.2. The zero-order valence-electron chi connectivity index (χ0n) is 14.7. The highest BCUT2D eigenvalue weighted by Crippen LogP contribution is 2.40. The van der Waals surface area contributed by atoms with E-state index in [0.29, 0.717) is 18.5 Å². The van der Waals surface area contributed by atoms with Gasteiger partial charge in [0, 0.05) is 13.1 Å². The van der Waals surface area contributed by atoms with Crippen LogP contribution < -0.4 is 9.62 Å². The zero-order chi connectivity index (χ0) is 18.9. The molecule has 0 amide bonds. The Balaban J connectivity index is 2.17. The molecule has 2 aromatic rings. The van der Waals surface area contributed by atoms with Crippen molar-refractivity contribution in [3.63, 3.8) is 0 Å². The molecule has 1 aliphatic rings. The molecule has 8 heteroatoms. The standard InChI is InChI=1S/C18H21F2N3O2S/c1-13-7-8-17-14(11-13)12-22(10-4-9-21-2)26(24,25)23(17)18-15(19)5-3-6-16(18)20/h3,5-8,11,21H,4,9-10,12H2,1-2H3. The first-order valence-corrected chi connectivity index (χ1v) is 9.74.